The monoisotopic (exact) mass is 422 g/mol. The first-order valence-electron chi connectivity index (χ1n) is 7.36. The van der Waals surface area contributed by atoms with E-state index in [9.17, 15) is 0 Å². The maximum atomic E-state index is 5.59. The molecule has 2 rings (SSSR count). The zero-order valence-corrected chi connectivity index (χ0v) is 16.1. The molecule has 0 bridgehead atoms. The largest absolute Gasteiger partial charge is 0.376 e. The average Bonchev–Trinajstić information content (AvgIpc) is 3.09. The molecule has 0 aliphatic carbocycles. The molecule has 8 heteroatoms. The van der Waals surface area contributed by atoms with Crippen LogP contribution in [0.2, 0.25) is 0 Å². The summed E-state index contributed by atoms with van der Waals surface area (Å²) in [5.41, 5.74) is 1.11. The molecule has 1 unspecified atom stereocenters. The van der Waals surface area contributed by atoms with Crippen LogP contribution in [0.3, 0.4) is 0 Å². The van der Waals surface area contributed by atoms with Crippen molar-refractivity contribution in [3.8, 4) is 0 Å². The lowest BCUT2D eigenvalue weighted by molar-refractivity contribution is 0.114. The van der Waals surface area contributed by atoms with Crippen molar-refractivity contribution >= 4 is 35.9 Å². The molecule has 1 aliphatic rings. The molecule has 126 valence electrons. The number of aliphatic imine (C=N–C) groups is 1. The molecular weight excluding hydrogens is 395 g/mol. The SMILES string of the molecule is CN=C(NCc1cnc(N(C)C)n1C)NCC1CCCO1.I. The first kappa shape index (κ1) is 19.0. The van der Waals surface area contributed by atoms with Crippen LogP contribution in [-0.2, 0) is 18.3 Å². The van der Waals surface area contributed by atoms with E-state index in [0.29, 0.717) is 12.6 Å². The predicted octanol–water partition coefficient (Wildman–Crippen LogP) is 0.948. The van der Waals surface area contributed by atoms with Crippen molar-refractivity contribution in [1.82, 2.24) is 20.2 Å². The maximum absolute atomic E-state index is 5.59. The van der Waals surface area contributed by atoms with Gasteiger partial charge >= 0.3 is 0 Å². The van der Waals surface area contributed by atoms with Gasteiger partial charge in [-0.25, -0.2) is 4.98 Å². The molecule has 0 amide bonds. The number of hydrogen-bond acceptors (Lipinski definition) is 4. The lowest BCUT2D eigenvalue weighted by Crippen LogP contribution is -2.40. The van der Waals surface area contributed by atoms with Crippen molar-refractivity contribution in [1.29, 1.82) is 0 Å². The van der Waals surface area contributed by atoms with Crippen molar-refractivity contribution in [3.63, 3.8) is 0 Å². The third-order valence-electron chi connectivity index (χ3n) is 3.64. The highest BCUT2D eigenvalue weighted by Crippen LogP contribution is 2.11. The fourth-order valence-corrected chi connectivity index (χ4v) is 2.42. The Hall–Kier alpha value is -1.03. The van der Waals surface area contributed by atoms with Gasteiger partial charge in [0.1, 0.15) is 0 Å². The number of anilines is 1. The van der Waals surface area contributed by atoms with E-state index in [1.807, 2.05) is 32.2 Å². The van der Waals surface area contributed by atoms with E-state index in [1.165, 1.54) is 0 Å². The Balaban J connectivity index is 0.00000242. The molecule has 22 heavy (non-hydrogen) atoms. The van der Waals surface area contributed by atoms with Gasteiger partial charge in [-0.1, -0.05) is 0 Å². The fraction of sp³-hybridized carbons (Fsp3) is 0.714. The highest BCUT2D eigenvalue weighted by molar-refractivity contribution is 14.0. The molecule has 0 saturated carbocycles. The van der Waals surface area contributed by atoms with Crippen molar-refractivity contribution in [2.45, 2.75) is 25.5 Å². The maximum Gasteiger partial charge on any atom is 0.204 e. The van der Waals surface area contributed by atoms with Crippen molar-refractivity contribution < 1.29 is 4.74 Å². The molecule has 1 aromatic rings. The number of imidazole rings is 1. The van der Waals surface area contributed by atoms with Crippen LogP contribution in [0, 0.1) is 0 Å². The predicted molar refractivity (Wildman–Crippen MR) is 100 cm³/mol. The van der Waals surface area contributed by atoms with Crippen LogP contribution in [0.15, 0.2) is 11.2 Å². The van der Waals surface area contributed by atoms with Gasteiger partial charge in [-0.2, -0.15) is 0 Å². The van der Waals surface area contributed by atoms with E-state index in [0.717, 1.165) is 43.6 Å². The highest BCUT2D eigenvalue weighted by Gasteiger charge is 2.15. The zero-order chi connectivity index (χ0) is 15.2. The Morgan fingerprint density at radius 3 is 2.82 bits per heavy atom. The van der Waals surface area contributed by atoms with Gasteiger partial charge in [0.25, 0.3) is 0 Å². The second-order valence-corrected chi connectivity index (χ2v) is 5.44. The van der Waals surface area contributed by atoms with Crippen LogP contribution in [0.1, 0.15) is 18.5 Å². The van der Waals surface area contributed by atoms with E-state index < -0.39 is 0 Å². The van der Waals surface area contributed by atoms with E-state index in [2.05, 4.69) is 25.2 Å². The molecule has 0 spiro atoms. The van der Waals surface area contributed by atoms with Gasteiger partial charge in [-0.05, 0) is 12.8 Å². The minimum atomic E-state index is 0. The van der Waals surface area contributed by atoms with Gasteiger partial charge in [-0.15, -0.1) is 24.0 Å². The van der Waals surface area contributed by atoms with Crippen molar-refractivity contribution in [2.24, 2.45) is 12.0 Å². The third kappa shape index (κ3) is 5.01. The highest BCUT2D eigenvalue weighted by atomic mass is 127. The number of nitrogens with one attached hydrogen (secondary N) is 2. The smallest absolute Gasteiger partial charge is 0.204 e. The van der Waals surface area contributed by atoms with Gasteiger partial charge in [0, 0.05) is 41.3 Å². The van der Waals surface area contributed by atoms with Crippen LogP contribution >= 0.6 is 24.0 Å². The fourth-order valence-electron chi connectivity index (χ4n) is 2.42. The minimum Gasteiger partial charge on any atom is -0.376 e. The molecule has 2 N–H and O–H groups in total. The van der Waals surface area contributed by atoms with E-state index in [-0.39, 0.29) is 24.0 Å². The molecule has 1 aliphatic heterocycles. The first-order valence-corrected chi connectivity index (χ1v) is 7.36. The van der Waals surface area contributed by atoms with Crippen LogP contribution in [0.5, 0.6) is 0 Å². The topological polar surface area (TPSA) is 66.7 Å². The summed E-state index contributed by atoms with van der Waals surface area (Å²) in [6.45, 7) is 2.36. The Morgan fingerprint density at radius 2 is 2.27 bits per heavy atom. The van der Waals surface area contributed by atoms with Gasteiger partial charge < -0.3 is 24.8 Å². The van der Waals surface area contributed by atoms with Crippen molar-refractivity contribution in [3.05, 3.63) is 11.9 Å². The number of aromatic nitrogens is 2. The molecular formula is C14H27IN6O. The van der Waals surface area contributed by atoms with Crippen LogP contribution in [-0.4, -0.2) is 55.9 Å². The van der Waals surface area contributed by atoms with Crippen LogP contribution in [0.25, 0.3) is 0 Å². The summed E-state index contributed by atoms with van der Waals surface area (Å²) in [7, 11) is 7.77. The van der Waals surface area contributed by atoms with Gasteiger partial charge in [-0.3, -0.25) is 4.99 Å². The Bertz CT molecular complexity index is 482. The molecule has 1 saturated heterocycles. The minimum absolute atomic E-state index is 0. The lowest BCUT2D eigenvalue weighted by atomic mass is 10.2. The summed E-state index contributed by atoms with van der Waals surface area (Å²) in [6.07, 6.45) is 4.47. The standard InChI is InChI=1S/C14H26N6O.HI/c1-15-13(17-10-12-6-5-7-21-12)16-8-11-9-18-14(19(2)3)20(11)4;/h9,12H,5-8,10H2,1-4H3,(H2,15,16,17);1H. The number of hydrogen-bond donors (Lipinski definition) is 2. The molecule has 0 aromatic carbocycles. The Morgan fingerprint density at radius 1 is 1.50 bits per heavy atom. The first-order chi connectivity index (χ1) is 10.1. The van der Waals surface area contributed by atoms with Crippen molar-refractivity contribution in [2.75, 3.05) is 39.2 Å². The quantitative estimate of drug-likeness (QED) is 0.420. The molecule has 1 atom stereocenters. The van der Waals surface area contributed by atoms with Gasteiger partial charge in [0.05, 0.1) is 24.5 Å². The Kier molecular flexibility index (Phi) is 7.94. The third-order valence-corrected chi connectivity index (χ3v) is 3.64. The number of ether oxygens (including phenoxy) is 1. The van der Waals surface area contributed by atoms with E-state index >= 15 is 0 Å². The second kappa shape index (κ2) is 9.19. The summed E-state index contributed by atoms with van der Waals surface area (Å²) < 4.78 is 7.66. The van der Waals surface area contributed by atoms with Crippen LogP contribution in [0.4, 0.5) is 5.95 Å². The number of halogens is 1. The Labute approximate surface area is 149 Å². The van der Waals surface area contributed by atoms with Gasteiger partial charge in [0.2, 0.25) is 5.95 Å². The molecule has 7 nitrogen and oxygen atoms in total. The van der Waals surface area contributed by atoms with Gasteiger partial charge in [0.15, 0.2) is 5.96 Å². The van der Waals surface area contributed by atoms with E-state index in [4.69, 9.17) is 4.74 Å². The normalized spacial score (nSPS) is 18.0. The number of rotatable bonds is 5. The molecule has 0 radical (unpaired) electrons. The summed E-state index contributed by atoms with van der Waals surface area (Å²) in [5, 5.41) is 6.61. The summed E-state index contributed by atoms with van der Waals surface area (Å²) in [5.74, 6) is 1.73. The lowest BCUT2D eigenvalue weighted by Gasteiger charge is -2.16. The molecule has 1 fully saturated rings. The number of nitrogens with zero attached hydrogens (tertiary/aromatic N) is 4. The average molecular weight is 422 g/mol. The summed E-state index contributed by atoms with van der Waals surface area (Å²) in [6, 6.07) is 0. The second-order valence-electron chi connectivity index (χ2n) is 5.44. The number of guanidine groups is 1. The summed E-state index contributed by atoms with van der Waals surface area (Å²) in [4.78, 5) is 10.6. The zero-order valence-electron chi connectivity index (χ0n) is 13.8. The molecule has 1 aromatic heterocycles. The van der Waals surface area contributed by atoms with E-state index in [1.54, 1.807) is 7.05 Å². The van der Waals surface area contributed by atoms with Crippen LogP contribution < -0.4 is 15.5 Å². The molecule has 2 heterocycles. The summed E-state index contributed by atoms with van der Waals surface area (Å²) >= 11 is 0.